The summed E-state index contributed by atoms with van der Waals surface area (Å²) in [6.45, 7) is 6.47. The van der Waals surface area contributed by atoms with Crippen LogP contribution >= 0.6 is 11.6 Å². The molecule has 2 N–H and O–H groups in total. The van der Waals surface area contributed by atoms with Gasteiger partial charge in [0.15, 0.2) is 0 Å². The number of benzene rings is 2. The van der Waals surface area contributed by atoms with E-state index in [2.05, 4.69) is 35.4 Å². The van der Waals surface area contributed by atoms with Gasteiger partial charge in [-0.05, 0) is 42.8 Å². The van der Waals surface area contributed by atoms with Crippen LogP contribution in [0.5, 0.6) is 5.75 Å². The zero-order chi connectivity index (χ0) is 23.4. The number of hydrogen-bond donors (Lipinski definition) is 2. The largest absolute Gasteiger partial charge is 0.495 e. The van der Waals surface area contributed by atoms with Gasteiger partial charge in [-0.2, -0.15) is 4.98 Å². The van der Waals surface area contributed by atoms with E-state index in [1.807, 2.05) is 43.3 Å². The Morgan fingerprint density at radius 2 is 1.79 bits per heavy atom. The molecule has 0 aliphatic carbocycles. The molecule has 1 fully saturated rings. The van der Waals surface area contributed by atoms with Crippen molar-refractivity contribution in [2.75, 3.05) is 53.7 Å². The SMILES string of the molecule is COc1ccc(Cl)cc1N1CCN(c2ncnc(Nc3cccc(NC(C)=O)c3C)n2)CC1. The number of nitrogens with zero attached hydrogens (tertiary/aromatic N) is 5. The highest BCUT2D eigenvalue weighted by molar-refractivity contribution is 6.30. The minimum absolute atomic E-state index is 0.118. The highest BCUT2D eigenvalue weighted by Crippen LogP contribution is 2.32. The van der Waals surface area contributed by atoms with Crippen LogP contribution in [0.1, 0.15) is 12.5 Å². The molecule has 9 nitrogen and oxygen atoms in total. The van der Waals surface area contributed by atoms with Crippen molar-refractivity contribution >= 4 is 46.5 Å². The third-order valence-electron chi connectivity index (χ3n) is 5.49. The van der Waals surface area contributed by atoms with Crippen LogP contribution in [-0.2, 0) is 4.79 Å². The molecule has 1 aliphatic heterocycles. The van der Waals surface area contributed by atoms with Crippen LogP contribution in [0.2, 0.25) is 5.02 Å². The summed E-state index contributed by atoms with van der Waals surface area (Å²) in [5.74, 6) is 1.74. The lowest BCUT2D eigenvalue weighted by Crippen LogP contribution is -2.47. The number of carbonyl (C=O) groups excluding carboxylic acids is 1. The van der Waals surface area contributed by atoms with E-state index in [4.69, 9.17) is 16.3 Å². The first-order valence-electron chi connectivity index (χ1n) is 10.6. The van der Waals surface area contributed by atoms with E-state index in [9.17, 15) is 4.79 Å². The van der Waals surface area contributed by atoms with Crippen LogP contribution < -0.4 is 25.2 Å². The topological polar surface area (TPSA) is 95.5 Å². The van der Waals surface area contributed by atoms with Crippen LogP contribution in [0.3, 0.4) is 0 Å². The summed E-state index contributed by atoms with van der Waals surface area (Å²) >= 11 is 6.20. The standard InChI is InChI=1S/C23H26ClN7O2/c1-15-18(27-16(2)32)5-4-6-19(15)28-22-25-14-26-23(29-22)31-11-9-30(10-12-31)20-13-17(24)7-8-21(20)33-3/h4-8,13-14H,9-12H2,1-3H3,(H,27,32)(H,25,26,28,29). The molecule has 0 unspecified atom stereocenters. The van der Waals surface area contributed by atoms with Gasteiger partial charge in [-0.1, -0.05) is 17.7 Å². The van der Waals surface area contributed by atoms with Gasteiger partial charge in [-0.3, -0.25) is 4.79 Å². The predicted molar refractivity (Wildman–Crippen MR) is 131 cm³/mol. The molecule has 0 atom stereocenters. The van der Waals surface area contributed by atoms with Gasteiger partial charge < -0.3 is 25.2 Å². The number of carbonyl (C=O) groups is 1. The molecule has 0 radical (unpaired) electrons. The Bertz CT molecular complexity index is 1150. The van der Waals surface area contributed by atoms with Crippen molar-refractivity contribution in [2.45, 2.75) is 13.8 Å². The molecule has 1 aliphatic rings. The Kier molecular flexibility index (Phi) is 6.79. The lowest BCUT2D eigenvalue weighted by Gasteiger charge is -2.36. The number of piperazine rings is 1. The third-order valence-corrected chi connectivity index (χ3v) is 5.73. The molecule has 33 heavy (non-hydrogen) atoms. The Morgan fingerprint density at radius 3 is 2.52 bits per heavy atom. The van der Waals surface area contributed by atoms with E-state index in [0.717, 1.165) is 54.6 Å². The maximum atomic E-state index is 11.4. The summed E-state index contributed by atoms with van der Waals surface area (Å²) < 4.78 is 5.50. The summed E-state index contributed by atoms with van der Waals surface area (Å²) in [6.07, 6.45) is 1.50. The van der Waals surface area contributed by atoms with Gasteiger partial charge in [-0.25, -0.2) is 9.97 Å². The zero-order valence-corrected chi connectivity index (χ0v) is 19.6. The molecule has 0 spiro atoms. The third kappa shape index (κ3) is 5.25. The van der Waals surface area contributed by atoms with Gasteiger partial charge in [0.25, 0.3) is 0 Å². The summed E-state index contributed by atoms with van der Waals surface area (Å²) in [7, 11) is 1.66. The molecule has 1 aromatic heterocycles. The predicted octanol–water partition coefficient (Wildman–Crippen LogP) is 3.87. The highest BCUT2D eigenvalue weighted by atomic mass is 35.5. The second kappa shape index (κ2) is 9.91. The lowest BCUT2D eigenvalue weighted by molar-refractivity contribution is -0.114. The van der Waals surface area contributed by atoms with Gasteiger partial charge in [0, 0.05) is 49.5 Å². The van der Waals surface area contributed by atoms with Crippen LogP contribution in [-0.4, -0.2) is 54.1 Å². The summed E-state index contributed by atoms with van der Waals surface area (Å²) in [5, 5.41) is 6.75. The van der Waals surface area contributed by atoms with Gasteiger partial charge in [0.05, 0.1) is 12.8 Å². The number of amides is 1. The highest BCUT2D eigenvalue weighted by Gasteiger charge is 2.22. The second-order valence-electron chi connectivity index (χ2n) is 7.68. The molecule has 10 heteroatoms. The summed E-state index contributed by atoms with van der Waals surface area (Å²) in [6, 6.07) is 11.3. The summed E-state index contributed by atoms with van der Waals surface area (Å²) in [4.78, 5) is 29.1. The van der Waals surface area contributed by atoms with Gasteiger partial charge in [0.2, 0.25) is 17.8 Å². The van der Waals surface area contributed by atoms with Gasteiger partial charge in [0.1, 0.15) is 12.1 Å². The van der Waals surface area contributed by atoms with Crippen molar-refractivity contribution in [3.8, 4) is 5.75 Å². The van der Waals surface area contributed by atoms with Crippen LogP contribution in [0.4, 0.5) is 29.0 Å². The van der Waals surface area contributed by atoms with E-state index in [-0.39, 0.29) is 5.91 Å². The Hall–Kier alpha value is -3.59. The molecule has 1 amide bonds. The molecule has 3 aromatic rings. The van der Waals surface area contributed by atoms with Crippen molar-refractivity contribution < 1.29 is 9.53 Å². The van der Waals surface area contributed by atoms with E-state index < -0.39 is 0 Å². The minimum atomic E-state index is -0.118. The van der Waals surface area contributed by atoms with E-state index in [0.29, 0.717) is 16.9 Å². The fourth-order valence-corrected chi connectivity index (χ4v) is 3.94. The van der Waals surface area contributed by atoms with Crippen LogP contribution in [0.15, 0.2) is 42.7 Å². The van der Waals surface area contributed by atoms with Crippen molar-refractivity contribution in [1.29, 1.82) is 0 Å². The molecular formula is C23H26ClN7O2. The molecule has 1 saturated heterocycles. The zero-order valence-electron chi connectivity index (χ0n) is 18.8. The molecule has 2 aromatic carbocycles. The number of halogens is 1. The number of ether oxygens (including phenoxy) is 1. The number of aromatic nitrogens is 3. The van der Waals surface area contributed by atoms with Crippen LogP contribution in [0.25, 0.3) is 0 Å². The average molecular weight is 468 g/mol. The van der Waals surface area contributed by atoms with E-state index in [1.54, 1.807) is 7.11 Å². The molecule has 4 rings (SSSR count). The van der Waals surface area contributed by atoms with Gasteiger partial charge >= 0.3 is 0 Å². The fourth-order valence-electron chi connectivity index (χ4n) is 3.77. The Balaban J connectivity index is 1.46. The number of methoxy groups -OCH3 is 1. The molecular weight excluding hydrogens is 442 g/mol. The maximum absolute atomic E-state index is 11.4. The van der Waals surface area contributed by atoms with Gasteiger partial charge in [-0.15, -0.1) is 0 Å². The Morgan fingerprint density at radius 1 is 1.06 bits per heavy atom. The maximum Gasteiger partial charge on any atom is 0.232 e. The normalized spacial score (nSPS) is 13.6. The number of anilines is 5. The van der Waals surface area contributed by atoms with E-state index >= 15 is 0 Å². The molecule has 172 valence electrons. The monoisotopic (exact) mass is 467 g/mol. The quantitative estimate of drug-likeness (QED) is 0.564. The fraction of sp³-hybridized carbons (Fsp3) is 0.304. The first-order chi connectivity index (χ1) is 15.9. The molecule has 0 saturated carbocycles. The second-order valence-corrected chi connectivity index (χ2v) is 8.12. The van der Waals surface area contributed by atoms with Crippen molar-refractivity contribution in [1.82, 2.24) is 15.0 Å². The van der Waals surface area contributed by atoms with Crippen molar-refractivity contribution in [2.24, 2.45) is 0 Å². The minimum Gasteiger partial charge on any atom is -0.495 e. The average Bonchev–Trinajstić information content (AvgIpc) is 2.82. The number of hydrogen-bond acceptors (Lipinski definition) is 8. The lowest BCUT2D eigenvalue weighted by atomic mass is 10.1. The van der Waals surface area contributed by atoms with E-state index in [1.165, 1.54) is 13.3 Å². The summed E-state index contributed by atoms with van der Waals surface area (Å²) in [5.41, 5.74) is 3.45. The smallest absolute Gasteiger partial charge is 0.232 e. The number of nitrogens with one attached hydrogen (secondary N) is 2. The molecule has 2 heterocycles. The van der Waals surface area contributed by atoms with Crippen LogP contribution in [0, 0.1) is 6.92 Å². The number of rotatable bonds is 6. The van der Waals surface area contributed by atoms with Crippen molar-refractivity contribution in [3.05, 3.63) is 53.3 Å². The Labute approximate surface area is 197 Å². The first kappa shape index (κ1) is 22.6. The first-order valence-corrected chi connectivity index (χ1v) is 11.0. The molecule has 0 bridgehead atoms. The van der Waals surface area contributed by atoms with Crippen molar-refractivity contribution in [3.63, 3.8) is 0 Å².